The Kier molecular flexibility index (Phi) is 3.44. The molecule has 2 N–H and O–H groups in total. The van der Waals surface area contributed by atoms with Gasteiger partial charge in [-0.2, -0.15) is 0 Å². The smallest absolute Gasteiger partial charge is 0.165 e. The summed E-state index contributed by atoms with van der Waals surface area (Å²) in [6.07, 6.45) is 3.08. The van der Waals surface area contributed by atoms with Crippen LogP contribution in [0.5, 0.6) is 5.75 Å². The van der Waals surface area contributed by atoms with E-state index in [1.54, 1.807) is 0 Å². The molecule has 1 atom stereocenters. The van der Waals surface area contributed by atoms with Gasteiger partial charge < -0.3 is 10.4 Å². The molecule has 0 aromatic heterocycles. The average Bonchev–Trinajstić information content (AvgIpc) is 2.27. The van der Waals surface area contributed by atoms with Crippen molar-refractivity contribution in [3.8, 4) is 5.75 Å². The van der Waals surface area contributed by atoms with E-state index in [0.717, 1.165) is 37.1 Å². The summed E-state index contributed by atoms with van der Waals surface area (Å²) in [7, 11) is 0. The van der Waals surface area contributed by atoms with E-state index in [1.807, 2.05) is 13.0 Å². The zero-order chi connectivity index (χ0) is 11.5. The molecule has 0 bridgehead atoms. The maximum absolute atomic E-state index is 13.3. The number of halogens is 1. The Morgan fingerprint density at radius 1 is 1.50 bits per heavy atom. The van der Waals surface area contributed by atoms with Crippen LogP contribution in [0.2, 0.25) is 0 Å². The van der Waals surface area contributed by atoms with E-state index in [4.69, 9.17) is 0 Å². The highest BCUT2D eigenvalue weighted by Crippen LogP contribution is 2.27. The second-order valence-corrected chi connectivity index (χ2v) is 4.67. The molecule has 1 saturated heterocycles. The molecule has 16 heavy (non-hydrogen) atoms. The lowest BCUT2D eigenvalue weighted by Gasteiger charge is -2.23. The molecule has 1 heterocycles. The maximum Gasteiger partial charge on any atom is 0.165 e. The number of aryl methyl sites for hydroxylation is 1. The quantitative estimate of drug-likeness (QED) is 0.806. The number of piperidine rings is 1. The van der Waals surface area contributed by atoms with Crippen molar-refractivity contribution in [1.82, 2.24) is 5.32 Å². The SMILES string of the molecule is Cc1cc(F)c(O)c(CC2CCCNC2)c1. The second kappa shape index (κ2) is 4.83. The highest BCUT2D eigenvalue weighted by Gasteiger charge is 2.17. The van der Waals surface area contributed by atoms with Crippen molar-refractivity contribution in [3.63, 3.8) is 0 Å². The molecule has 0 radical (unpaired) electrons. The van der Waals surface area contributed by atoms with Crippen LogP contribution in [-0.2, 0) is 6.42 Å². The van der Waals surface area contributed by atoms with Crippen LogP contribution in [0.15, 0.2) is 12.1 Å². The van der Waals surface area contributed by atoms with Gasteiger partial charge in [0.1, 0.15) is 0 Å². The highest BCUT2D eigenvalue weighted by atomic mass is 19.1. The van der Waals surface area contributed by atoms with Crippen molar-refractivity contribution in [3.05, 3.63) is 29.1 Å². The number of phenols is 1. The molecule has 2 nitrogen and oxygen atoms in total. The van der Waals surface area contributed by atoms with Crippen LogP contribution < -0.4 is 5.32 Å². The first-order chi connectivity index (χ1) is 7.66. The van der Waals surface area contributed by atoms with E-state index in [0.29, 0.717) is 5.92 Å². The molecule has 0 amide bonds. The van der Waals surface area contributed by atoms with Gasteiger partial charge in [0.15, 0.2) is 11.6 Å². The summed E-state index contributed by atoms with van der Waals surface area (Å²) in [6.45, 7) is 3.89. The number of nitrogens with one attached hydrogen (secondary N) is 1. The predicted molar refractivity (Wildman–Crippen MR) is 62.1 cm³/mol. The molecule has 1 aliphatic rings. The fraction of sp³-hybridized carbons (Fsp3) is 0.538. The molecule has 3 heteroatoms. The normalized spacial score (nSPS) is 21.0. The number of rotatable bonds is 2. The maximum atomic E-state index is 13.3. The molecular weight excluding hydrogens is 205 g/mol. The first kappa shape index (κ1) is 11.4. The number of benzene rings is 1. The van der Waals surface area contributed by atoms with Gasteiger partial charge in [0, 0.05) is 0 Å². The summed E-state index contributed by atoms with van der Waals surface area (Å²) in [5, 5.41) is 13.0. The van der Waals surface area contributed by atoms with E-state index < -0.39 is 5.82 Å². The molecule has 1 aliphatic heterocycles. The first-order valence-electron chi connectivity index (χ1n) is 5.85. The van der Waals surface area contributed by atoms with Crippen LogP contribution in [0.3, 0.4) is 0 Å². The number of phenolic OH excluding ortho intramolecular Hbond substituents is 1. The number of hydrogen-bond acceptors (Lipinski definition) is 2. The lowest BCUT2D eigenvalue weighted by atomic mass is 9.91. The summed E-state index contributed by atoms with van der Waals surface area (Å²) >= 11 is 0. The van der Waals surface area contributed by atoms with Gasteiger partial charge in [-0.1, -0.05) is 6.07 Å². The number of hydrogen-bond donors (Lipinski definition) is 2. The molecular formula is C13H18FNO. The van der Waals surface area contributed by atoms with E-state index in [1.165, 1.54) is 12.5 Å². The molecule has 88 valence electrons. The summed E-state index contributed by atoms with van der Waals surface area (Å²) in [5.41, 5.74) is 1.61. The highest BCUT2D eigenvalue weighted by molar-refractivity contribution is 5.37. The van der Waals surface area contributed by atoms with Crippen molar-refractivity contribution in [2.24, 2.45) is 5.92 Å². The Balaban J connectivity index is 2.13. The van der Waals surface area contributed by atoms with Crippen molar-refractivity contribution >= 4 is 0 Å². The lowest BCUT2D eigenvalue weighted by molar-refractivity contribution is 0.365. The lowest BCUT2D eigenvalue weighted by Crippen LogP contribution is -2.30. The van der Waals surface area contributed by atoms with Crippen LogP contribution in [0.4, 0.5) is 4.39 Å². The third-order valence-electron chi connectivity index (χ3n) is 3.19. The van der Waals surface area contributed by atoms with Gasteiger partial charge in [-0.05, 0) is 62.4 Å². The predicted octanol–water partition coefficient (Wildman–Crippen LogP) is 2.38. The molecule has 1 unspecified atom stereocenters. The monoisotopic (exact) mass is 223 g/mol. The molecule has 1 aromatic rings. The second-order valence-electron chi connectivity index (χ2n) is 4.67. The van der Waals surface area contributed by atoms with Crippen molar-refractivity contribution in [2.45, 2.75) is 26.2 Å². The third kappa shape index (κ3) is 2.53. The Labute approximate surface area is 95.5 Å². The minimum atomic E-state index is -0.501. The number of aromatic hydroxyl groups is 1. The molecule has 0 aliphatic carbocycles. The van der Waals surface area contributed by atoms with Gasteiger partial charge in [-0.3, -0.25) is 0 Å². The minimum absolute atomic E-state index is 0.170. The van der Waals surface area contributed by atoms with Crippen molar-refractivity contribution < 1.29 is 9.50 Å². The van der Waals surface area contributed by atoms with Gasteiger partial charge >= 0.3 is 0 Å². The van der Waals surface area contributed by atoms with E-state index >= 15 is 0 Å². The van der Waals surface area contributed by atoms with E-state index in [9.17, 15) is 9.50 Å². The van der Waals surface area contributed by atoms with Crippen LogP contribution in [0, 0.1) is 18.7 Å². The van der Waals surface area contributed by atoms with Crippen LogP contribution >= 0.6 is 0 Å². The molecule has 1 aromatic carbocycles. The Hall–Kier alpha value is -1.09. The minimum Gasteiger partial charge on any atom is -0.505 e. The fourth-order valence-corrected chi connectivity index (χ4v) is 2.37. The summed E-state index contributed by atoms with van der Waals surface area (Å²) in [4.78, 5) is 0. The molecule has 1 fully saturated rings. The summed E-state index contributed by atoms with van der Waals surface area (Å²) in [6, 6.07) is 3.25. The van der Waals surface area contributed by atoms with Crippen LogP contribution in [0.25, 0.3) is 0 Å². The van der Waals surface area contributed by atoms with Crippen LogP contribution in [0.1, 0.15) is 24.0 Å². The standard InChI is InChI=1S/C13H18FNO/c1-9-5-11(13(16)12(14)6-9)7-10-3-2-4-15-8-10/h5-6,10,15-16H,2-4,7-8H2,1H3. The Morgan fingerprint density at radius 2 is 2.31 bits per heavy atom. The van der Waals surface area contributed by atoms with Gasteiger partial charge in [0.05, 0.1) is 0 Å². The van der Waals surface area contributed by atoms with Gasteiger partial charge in [0.25, 0.3) is 0 Å². The van der Waals surface area contributed by atoms with Gasteiger partial charge in [-0.25, -0.2) is 4.39 Å². The molecule has 0 spiro atoms. The van der Waals surface area contributed by atoms with Gasteiger partial charge in [-0.15, -0.1) is 0 Å². The summed E-state index contributed by atoms with van der Waals surface area (Å²) in [5.74, 6) is -0.157. The zero-order valence-electron chi connectivity index (χ0n) is 9.59. The van der Waals surface area contributed by atoms with E-state index in [-0.39, 0.29) is 5.75 Å². The van der Waals surface area contributed by atoms with Crippen molar-refractivity contribution in [1.29, 1.82) is 0 Å². The molecule has 2 rings (SSSR count). The fourth-order valence-electron chi connectivity index (χ4n) is 2.37. The Bertz CT molecular complexity index is 372. The van der Waals surface area contributed by atoms with Crippen molar-refractivity contribution in [2.75, 3.05) is 13.1 Å². The zero-order valence-corrected chi connectivity index (χ0v) is 9.59. The third-order valence-corrected chi connectivity index (χ3v) is 3.19. The van der Waals surface area contributed by atoms with Crippen LogP contribution in [-0.4, -0.2) is 18.2 Å². The van der Waals surface area contributed by atoms with E-state index in [2.05, 4.69) is 5.32 Å². The topological polar surface area (TPSA) is 32.3 Å². The largest absolute Gasteiger partial charge is 0.505 e. The first-order valence-corrected chi connectivity index (χ1v) is 5.85. The Morgan fingerprint density at radius 3 is 3.00 bits per heavy atom. The summed E-state index contributed by atoms with van der Waals surface area (Å²) < 4.78 is 13.3. The van der Waals surface area contributed by atoms with Gasteiger partial charge in [0.2, 0.25) is 0 Å². The molecule has 0 saturated carbocycles. The average molecular weight is 223 g/mol.